The lowest BCUT2D eigenvalue weighted by Crippen LogP contribution is -2.26. The van der Waals surface area contributed by atoms with Crippen LogP contribution < -0.4 is 9.80 Å². The molecule has 0 spiro atoms. The smallest absolute Gasteiger partial charge is 0.358 e. The highest BCUT2D eigenvalue weighted by Gasteiger charge is 2.35. The van der Waals surface area contributed by atoms with Gasteiger partial charge in [-0.25, -0.2) is 4.98 Å². The minimum Gasteiger partial charge on any atom is -0.358 e. The van der Waals surface area contributed by atoms with Gasteiger partial charge in [-0.1, -0.05) is 0 Å². The molecule has 1 aliphatic heterocycles. The molecule has 23 heavy (non-hydrogen) atoms. The zero-order valence-corrected chi connectivity index (χ0v) is 13.9. The second kappa shape index (κ2) is 5.58. The van der Waals surface area contributed by atoms with Crippen molar-refractivity contribution in [2.45, 2.75) is 6.92 Å². The van der Waals surface area contributed by atoms with Crippen LogP contribution in [0.15, 0.2) is 28.9 Å². The molecule has 0 aromatic carbocycles. The Morgan fingerprint density at radius 2 is 2.13 bits per heavy atom. The molecular weight excluding hydrogens is 366 g/mol. The van der Waals surface area contributed by atoms with Crippen molar-refractivity contribution < 1.29 is 9.72 Å². The number of fused-ring (bicyclic) bond motifs is 2. The van der Waals surface area contributed by atoms with Gasteiger partial charge >= 0.3 is 5.82 Å². The molecule has 2 aromatic rings. The first-order chi connectivity index (χ1) is 11.0. The van der Waals surface area contributed by atoms with E-state index in [9.17, 15) is 14.9 Å². The molecular formula is C14H12BrN5O3. The molecule has 0 atom stereocenters. The molecule has 0 saturated carbocycles. The molecule has 8 nitrogen and oxygen atoms in total. The van der Waals surface area contributed by atoms with E-state index in [1.807, 2.05) is 11.8 Å². The van der Waals surface area contributed by atoms with Crippen molar-refractivity contribution in [3.8, 4) is 0 Å². The van der Waals surface area contributed by atoms with Crippen molar-refractivity contribution in [1.29, 1.82) is 0 Å². The SMILES string of the molecule is CCN1c2cc(Br)c([N+](=O)[O-])nc2N(C)C(=O)c2cccnc21. The van der Waals surface area contributed by atoms with E-state index < -0.39 is 4.92 Å². The van der Waals surface area contributed by atoms with E-state index in [2.05, 4.69) is 25.9 Å². The first-order valence-corrected chi connectivity index (χ1v) is 7.60. The minimum absolute atomic E-state index is 0.227. The first-order valence-electron chi connectivity index (χ1n) is 6.81. The van der Waals surface area contributed by atoms with Crippen LogP contribution in [0.4, 0.5) is 23.1 Å². The molecule has 0 saturated heterocycles. The van der Waals surface area contributed by atoms with E-state index in [0.29, 0.717) is 23.6 Å². The van der Waals surface area contributed by atoms with Gasteiger partial charge < -0.3 is 15.0 Å². The second-order valence-electron chi connectivity index (χ2n) is 4.88. The van der Waals surface area contributed by atoms with Crippen molar-refractivity contribution in [1.82, 2.24) is 9.97 Å². The second-order valence-corrected chi connectivity index (χ2v) is 5.73. The fraction of sp³-hybridized carbons (Fsp3) is 0.214. The number of rotatable bonds is 2. The first kappa shape index (κ1) is 15.3. The van der Waals surface area contributed by atoms with Crippen molar-refractivity contribution in [2.24, 2.45) is 0 Å². The van der Waals surface area contributed by atoms with Gasteiger partial charge in [0.1, 0.15) is 16.0 Å². The molecule has 3 rings (SSSR count). The molecule has 0 radical (unpaired) electrons. The molecule has 9 heteroatoms. The summed E-state index contributed by atoms with van der Waals surface area (Å²) < 4.78 is 0.250. The summed E-state index contributed by atoms with van der Waals surface area (Å²) in [4.78, 5) is 34.7. The quantitative estimate of drug-likeness (QED) is 0.589. The zero-order valence-electron chi connectivity index (χ0n) is 12.4. The predicted molar refractivity (Wildman–Crippen MR) is 88.2 cm³/mol. The highest BCUT2D eigenvalue weighted by atomic mass is 79.9. The lowest BCUT2D eigenvalue weighted by atomic mass is 10.2. The number of carbonyl (C=O) groups is 1. The van der Waals surface area contributed by atoms with E-state index in [4.69, 9.17) is 0 Å². The van der Waals surface area contributed by atoms with Gasteiger partial charge in [-0.15, -0.1) is 0 Å². The van der Waals surface area contributed by atoms with Crippen LogP contribution >= 0.6 is 15.9 Å². The lowest BCUT2D eigenvalue weighted by Gasteiger charge is -2.21. The number of hydrogen-bond acceptors (Lipinski definition) is 6. The van der Waals surface area contributed by atoms with Gasteiger partial charge in [0.05, 0.1) is 5.56 Å². The number of amides is 1. The molecule has 1 amide bonds. The number of pyridine rings is 2. The lowest BCUT2D eigenvalue weighted by molar-refractivity contribution is -0.390. The Bertz CT molecular complexity index is 826. The molecule has 0 N–H and O–H groups in total. The zero-order chi connectivity index (χ0) is 16.7. The maximum atomic E-state index is 12.7. The number of aromatic nitrogens is 2. The molecule has 3 heterocycles. The maximum Gasteiger partial charge on any atom is 0.380 e. The van der Waals surface area contributed by atoms with Gasteiger partial charge in [-0.05, 0) is 51.0 Å². The number of carbonyl (C=O) groups excluding carboxylic acids is 1. The van der Waals surface area contributed by atoms with Crippen molar-refractivity contribution in [3.63, 3.8) is 0 Å². The van der Waals surface area contributed by atoms with Crippen LogP contribution in [0.5, 0.6) is 0 Å². The van der Waals surface area contributed by atoms with Crippen LogP contribution in [-0.2, 0) is 0 Å². The van der Waals surface area contributed by atoms with Gasteiger partial charge in [0.25, 0.3) is 11.7 Å². The van der Waals surface area contributed by atoms with E-state index >= 15 is 0 Å². The van der Waals surface area contributed by atoms with E-state index in [0.717, 1.165) is 0 Å². The van der Waals surface area contributed by atoms with E-state index in [1.54, 1.807) is 31.4 Å². The molecule has 2 aromatic heterocycles. The molecule has 0 fully saturated rings. The average molecular weight is 378 g/mol. The molecule has 0 unspecified atom stereocenters. The predicted octanol–water partition coefficient (Wildman–Crippen LogP) is 2.90. The fourth-order valence-corrected chi connectivity index (χ4v) is 2.97. The summed E-state index contributed by atoms with van der Waals surface area (Å²) in [7, 11) is 1.54. The third-order valence-electron chi connectivity index (χ3n) is 3.59. The van der Waals surface area contributed by atoms with Gasteiger partial charge in [-0.2, -0.15) is 0 Å². The van der Waals surface area contributed by atoms with Crippen LogP contribution in [0.25, 0.3) is 0 Å². The summed E-state index contributed by atoms with van der Waals surface area (Å²) in [5, 5.41) is 11.1. The molecule has 118 valence electrons. The van der Waals surface area contributed by atoms with Crippen LogP contribution in [0.2, 0.25) is 0 Å². The Labute approximate surface area is 140 Å². The summed E-state index contributed by atoms with van der Waals surface area (Å²) in [6.45, 7) is 2.44. The van der Waals surface area contributed by atoms with Crippen LogP contribution in [-0.4, -0.2) is 34.4 Å². The number of halogens is 1. The minimum atomic E-state index is -0.588. The Kier molecular flexibility index (Phi) is 3.72. The van der Waals surface area contributed by atoms with Crippen molar-refractivity contribution >= 4 is 45.0 Å². The Morgan fingerprint density at radius 1 is 1.39 bits per heavy atom. The highest BCUT2D eigenvalue weighted by molar-refractivity contribution is 9.10. The Morgan fingerprint density at radius 3 is 2.78 bits per heavy atom. The monoisotopic (exact) mass is 377 g/mol. The fourth-order valence-electron chi connectivity index (χ4n) is 2.52. The van der Waals surface area contributed by atoms with Crippen molar-refractivity contribution in [2.75, 3.05) is 23.4 Å². The van der Waals surface area contributed by atoms with E-state index in [1.165, 1.54) is 4.90 Å². The Hall–Kier alpha value is -2.55. The standard InChI is InChI=1S/C14H12BrN5O3/c1-3-19-10-7-9(15)12(20(22)23)17-13(10)18(2)14(21)8-5-4-6-16-11(8)19/h4-7H,3H2,1-2H3. The van der Waals surface area contributed by atoms with Crippen LogP contribution in [0.3, 0.4) is 0 Å². The van der Waals surface area contributed by atoms with Crippen LogP contribution in [0, 0.1) is 10.1 Å². The Balaban J connectivity index is 2.33. The summed E-state index contributed by atoms with van der Waals surface area (Å²) in [5.74, 6) is 0.0886. The normalized spacial score (nSPS) is 13.4. The molecule has 0 bridgehead atoms. The van der Waals surface area contributed by atoms with Crippen LogP contribution in [0.1, 0.15) is 17.3 Å². The van der Waals surface area contributed by atoms with Gasteiger partial charge in [0.2, 0.25) is 0 Å². The number of nitro groups is 1. The maximum absolute atomic E-state index is 12.7. The summed E-state index contributed by atoms with van der Waals surface area (Å²) in [6, 6.07) is 4.96. The topological polar surface area (TPSA) is 92.5 Å². The average Bonchev–Trinajstić information content (AvgIpc) is 2.62. The van der Waals surface area contributed by atoms with E-state index in [-0.39, 0.29) is 22.0 Å². The summed E-state index contributed by atoms with van der Waals surface area (Å²) in [6.07, 6.45) is 1.60. The van der Waals surface area contributed by atoms with Crippen molar-refractivity contribution in [3.05, 3.63) is 44.5 Å². The third-order valence-corrected chi connectivity index (χ3v) is 4.18. The summed E-state index contributed by atoms with van der Waals surface area (Å²) >= 11 is 3.18. The highest BCUT2D eigenvalue weighted by Crippen LogP contribution is 2.41. The number of hydrogen-bond donors (Lipinski definition) is 0. The molecule has 1 aliphatic rings. The molecule has 0 aliphatic carbocycles. The third kappa shape index (κ3) is 2.33. The van der Waals surface area contributed by atoms with Gasteiger partial charge in [0, 0.05) is 19.8 Å². The largest absolute Gasteiger partial charge is 0.380 e. The number of anilines is 3. The van der Waals surface area contributed by atoms with Gasteiger partial charge in [-0.3, -0.25) is 9.69 Å². The number of nitrogens with zero attached hydrogens (tertiary/aromatic N) is 5. The van der Waals surface area contributed by atoms with Gasteiger partial charge in [0.15, 0.2) is 0 Å². The summed E-state index contributed by atoms with van der Waals surface area (Å²) in [5.41, 5.74) is 1.01.